The highest BCUT2D eigenvalue weighted by atomic mass is 16.4. The Balaban J connectivity index is 1.98. The van der Waals surface area contributed by atoms with Gasteiger partial charge in [0.1, 0.15) is 0 Å². The summed E-state index contributed by atoms with van der Waals surface area (Å²) in [5.41, 5.74) is 0.746. The highest BCUT2D eigenvalue weighted by Gasteiger charge is 2.42. The van der Waals surface area contributed by atoms with Crippen molar-refractivity contribution in [2.75, 3.05) is 18.4 Å². The first kappa shape index (κ1) is 17.3. The first-order valence-corrected chi connectivity index (χ1v) is 8.04. The van der Waals surface area contributed by atoms with Crippen molar-refractivity contribution < 1.29 is 14.7 Å². The molecule has 1 fully saturated rings. The predicted molar refractivity (Wildman–Crippen MR) is 87.4 cm³/mol. The number of hydrogen-bond donors (Lipinski definition) is 2. The van der Waals surface area contributed by atoms with Gasteiger partial charge in [0.25, 0.3) is 0 Å². The van der Waals surface area contributed by atoms with Crippen LogP contribution in [0.3, 0.4) is 0 Å². The number of nitrogens with zero attached hydrogens (tertiary/aromatic N) is 3. The molecule has 1 aliphatic rings. The van der Waals surface area contributed by atoms with Crippen molar-refractivity contribution in [1.82, 2.24) is 14.7 Å². The van der Waals surface area contributed by atoms with Gasteiger partial charge in [0.15, 0.2) is 0 Å². The number of hydrogen-bond acceptors (Lipinski definition) is 3. The lowest BCUT2D eigenvalue weighted by Gasteiger charge is -2.20. The number of aryl methyl sites for hydroxylation is 1. The van der Waals surface area contributed by atoms with Crippen LogP contribution in [0, 0.1) is 18.3 Å². The van der Waals surface area contributed by atoms with Crippen LogP contribution >= 0.6 is 0 Å². The Kier molecular flexibility index (Phi) is 4.97. The first-order valence-electron chi connectivity index (χ1n) is 8.04. The fourth-order valence-corrected chi connectivity index (χ4v) is 2.68. The minimum absolute atomic E-state index is 0.231. The largest absolute Gasteiger partial charge is 0.481 e. The Morgan fingerprint density at radius 3 is 2.74 bits per heavy atom. The zero-order chi connectivity index (χ0) is 17.2. The molecule has 0 saturated carbocycles. The topological polar surface area (TPSA) is 87.5 Å². The van der Waals surface area contributed by atoms with Crippen molar-refractivity contribution in [1.29, 1.82) is 0 Å². The first-order chi connectivity index (χ1) is 10.7. The number of carboxylic acids is 1. The Morgan fingerprint density at radius 1 is 1.48 bits per heavy atom. The second-order valence-corrected chi connectivity index (χ2v) is 7.02. The van der Waals surface area contributed by atoms with Gasteiger partial charge in [0.05, 0.1) is 23.0 Å². The summed E-state index contributed by atoms with van der Waals surface area (Å²) in [5, 5.41) is 16.4. The van der Waals surface area contributed by atoms with Crippen LogP contribution in [0.4, 0.5) is 10.5 Å². The maximum Gasteiger partial charge on any atom is 0.321 e. The summed E-state index contributed by atoms with van der Waals surface area (Å²) >= 11 is 0. The molecule has 7 nitrogen and oxygen atoms in total. The highest BCUT2D eigenvalue weighted by molar-refractivity contribution is 5.90. The molecule has 128 valence electrons. The van der Waals surface area contributed by atoms with Crippen molar-refractivity contribution in [3.05, 3.63) is 11.9 Å². The molecule has 0 aliphatic carbocycles. The minimum Gasteiger partial charge on any atom is -0.481 e. The molecule has 0 bridgehead atoms. The number of amides is 2. The number of rotatable bonds is 5. The molecule has 1 aromatic heterocycles. The molecule has 0 spiro atoms. The van der Waals surface area contributed by atoms with Gasteiger partial charge < -0.3 is 15.3 Å². The van der Waals surface area contributed by atoms with Crippen LogP contribution in [-0.4, -0.2) is 44.9 Å². The minimum atomic E-state index is -0.856. The van der Waals surface area contributed by atoms with E-state index < -0.39 is 11.4 Å². The molecular formula is C16H26N4O3. The summed E-state index contributed by atoms with van der Waals surface area (Å²) in [6.07, 6.45) is 3.15. The number of carboxylic acid groups (broad SMARTS) is 1. The van der Waals surface area contributed by atoms with E-state index in [0.717, 1.165) is 18.7 Å². The van der Waals surface area contributed by atoms with Gasteiger partial charge in [-0.05, 0) is 32.6 Å². The van der Waals surface area contributed by atoms with Gasteiger partial charge >= 0.3 is 12.0 Å². The normalized spacial score (nSPS) is 21.0. The van der Waals surface area contributed by atoms with Gasteiger partial charge in [-0.3, -0.25) is 9.48 Å². The van der Waals surface area contributed by atoms with Gasteiger partial charge in [0.2, 0.25) is 0 Å². The summed E-state index contributed by atoms with van der Waals surface area (Å²) in [4.78, 5) is 25.2. The van der Waals surface area contributed by atoms with Gasteiger partial charge in [0, 0.05) is 19.6 Å². The summed E-state index contributed by atoms with van der Waals surface area (Å²) < 4.78 is 1.89. The zero-order valence-corrected chi connectivity index (χ0v) is 14.3. The molecule has 1 saturated heterocycles. The molecular weight excluding hydrogens is 296 g/mol. The van der Waals surface area contributed by atoms with Gasteiger partial charge in [-0.1, -0.05) is 13.8 Å². The van der Waals surface area contributed by atoms with Crippen LogP contribution in [0.15, 0.2) is 6.20 Å². The second kappa shape index (κ2) is 6.60. The van der Waals surface area contributed by atoms with E-state index in [1.54, 1.807) is 18.0 Å². The quantitative estimate of drug-likeness (QED) is 0.872. The summed E-state index contributed by atoms with van der Waals surface area (Å²) in [6.45, 7) is 9.43. The van der Waals surface area contributed by atoms with Crippen molar-refractivity contribution in [2.45, 2.75) is 47.1 Å². The van der Waals surface area contributed by atoms with E-state index in [0.29, 0.717) is 24.6 Å². The van der Waals surface area contributed by atoms with Crippen LogP contribution in [0.5, 0.6) is 0 Å². The van der Waals surface area contributed by atoms with E-state index in [1.807, 2.05) is 11.6 Å². The Bertz CT molecular complexity index is 596. The maximum atomic E-state index is 12.3. The molecule has 7 heteroatoms. The number of nitrogens with one attached hydrogen (secondary N) is 1. The smallest absolute Gasteiger partial charge is 0.321 e. The lowest BCUT2D eigenvalue weighted by Crippen LogP contribution is -2.37. The maximum absolute atomic E-state index is 12.3. The van der Waals surface area contributed by atoms with E-state index in [2.05, 4.69) is 24.3 Å². The summed E-state index contributed by atoms with van der Waals surface area (Å²) in [5.74, 6) is -0.263. The molecule has 0 radical (unpaired) electrons. The average molecular weight is 322 g/mol. The average Bonchev–Trinajstić information content (AvgIpc) is 3.03. The molecule has 2 rings (SSSR count). The summed E-state index contributed by atoms with van der Waals surface area (Å²) in [7, 11) is 0. The summed E-state index contributed by atoms with van der Waals surface area (Å²) in [6, 6.07) is -0.263. The van der Waals surface area contributed by atoms with Crippen molar-refractivity contribution in [3.63, 3.8) is 0 Å². The molecule has 0 aromatic carbocycles. The number of anilines is 1. The van der Waals surface area contributed by atoms with Gasteiger partial charge in [-0.25, -0.2) is 4.79 Å². The number of carbonyl (C=O) groups excluding carboxylic acids is 1. The van der Waals surface area contributed by atoms with E-state index in [9.17, 15) is 14.7 Å². The van der Waals surface area contributed by atoms with Crippen LogP contribution < -0.4 is 5.32 Å². The van der Waals surface area contributed by atoms with E-state index >= 15 is 0 Å². The lowest BCUT2D eigenvalue weighted by atomic mass is 9.90. The highest BCUT2D eigenvalue weighted by Crippen LogP contribution is 2.30. The van der Waals surface area contributed by atoms with Gasteiger partial charge in [-0.2, -0.15) is 5.10 Å². The second-order valence-electron chi connectivity index (χ2n) is 7.02. The molecule has 1 unspecified atom stereocenters. The van der Waals surface area contributed by atoms with E-state index in [-0.39, 0.29) is 12.6 Å². The molecule has 2 amide bonds. The van der Waals surface area contributed by atoms with E-state index in [4.69, 9.17) is 0 Å². The molecule has 23 heavy (non-hydrogen) atoms. The Morgan fingerprint density at radius 2 is 2.17 bits per heavy atom. The monoisotopic (exact) mass is 322 g/mol. The number of urea groups is 1. The molecule has 1 aromatic rings. The number of aromatic nitrogens is 2. The van der Waals surface area contributed by atoms with Crippen molar-refractivity contribution in [3.8, 4) is 0 Å². The number of carbonyl (C=O) groups is 2. The molecule has 2 N–H and O–H groups in total. The third kappa shape index (κ3) is 3.83. The lowest BCUT2D eigenvalue weighted by molar-refractivity contribution is -0.146. The molecule has 1 atom stereocenters. The van der Waals surface area contributed by atoms with Crippen LogP contribution in [0.1, 0.15) is 39.3 Å². The third-order valence-electron chi connectivity index (χ3n) is 4.54. The van der Waals surface area contributed by atoms with Crippen molar-refractivity contribution >= 4 is 17.7 Å². The SMILES string of the molecule is Cc1c(NC(=O)N2CCC(C)(C(=O)O)C2)cnn1CCC(C)C. The number of aliphatic carboxylic acids is 1. The van der Waals surface area contributed by atoms with Crippen molar-refractivity contribution in [2.24, 2.45) is 11.3 Å². The van der Waals surface area contributed by atoms with Crippen LogP contribution in [0.2, 0.25) is 0 Å². The van der Waals surface area contributed by atoms with Crippen LogP contribution in [0.25, 0.3) is 0 Å². The molecule has 1 aliphatic heterocycles. The Hall–Kier alpha value is -2.05. The van der Waals surface area contributed by atoms with Gasteiger partial charge in [-0.15, -0.1) is 0 Å². The van der Waals surface area contributed by atoms with Crippen LogP contribution in [-0.2, 0) is 11.3 Å². The standard InChI is InChI=1S/C16H26N4O3/c1-11(2)5-7-20-12(3)13(9-17-20)18-15(23)19-8-6-16(4,10-19)14(21)22/h9,11H,5-8,10H2,1-4H3,(H,18,23)(H,21,22). The zero-order valence-electron chi connectivity index (χ0n) is 14.3. The Labute approximate surface area is 136 Å². The fraction of sp³-hybridized carbons (Fsp3) is 0.688. The molecule has 2 heterocycles. The predicted octanol–water partition coefficient (Wildman–Crippen LogP) is 2.57. The number of likely N-dealkylation sites (tertiary alicyclic amines) is 1. The van der Waals surface area contributed by atoms with E-state index in [1.165, 1.54) is 0 Å². The fourth-order valence-electron chi connectivity index (χ4n) is 2.68. The third-order valence-corrected chi connectivity index (χ3v) is 4.54.